The molecule has 3 aromatic rings. The molecular formula is C25H22O7. The van der Waals surface area contributed by atoms with Crippen molar-refractivity contribution in [1.82, 2.24) is 0 Å². The molecule has 1 heterocycles. The summed E-state index contributed by atoms with van der Waals surface area (Å²) in [5.74, 6) is 0.871. The molecule has 0 aliphatic carbocycles. The molecule has 0 radical (unpaired) electrons. The molecule has 0 aromatic heterocycles. The highest BCUT2D eigenvalue weighted by atomic mass is 16.7. The van der Waals surface area contributed by atoms with E-state index < -0.39 is 12.3 Å². The van der Waals surface area contributed by atoms with Gasteiger partial charge < -0.3 is 23.7 Å². The zero-order valence-electron chi connectivity index (χ0n) is 17.3. The van der Waals surface area contributed by atoms with Crippen molar-refractivity contribution < 1.29 is 33.3 Å². The standard InChI is InChI=1S/C25H22O7/c26-24(29-16-18-8-3-1-4-9-18)31-20-14-22-21(12-7-13-28-22)23(15-20)32-25(27)30-17-19-10-5-2-6-11-19/h1-6,8-11,14-15H,7,12-13,16-17H2. The van der Waals surface area contributed by atoms with Crippen LogP contribution in [-0.4, -0.2) is 18.9 Å². The first kappa shape index (κ1) is 21.2. The fourth-order valence-electron chi connectivity index (χ4n) is 3.23. The van der Waals surface area contributed by atoms with Crippen LogP contribution < -0.4 is 14.2 Å². The van der Waals surface area contributed by atoms with E-state index in [4.69, 9.17) is 23.7 Å². The van der Waals surface area contributed by atoms with Crippen LogP contribution in [0.2, 0.25) is 0 Å². The van der Waals surface area contributed by atoms with E-state index in [0.29, 0.717) is 18.8 Å². The normalized spacial score (nSPS) is 12.1. The summed E-state index contributed by atoms with van der Waals surface area (Å²) >= 11 is 0. The number of hydrogen-bond donors (Lipinski definition) is 0. The Morgan fingerprint density at radius 1 is 0.781 bits per heavy atom. The highest BCUT2D eigenvalue weighted by Crippen LogP contribution is 2.38. The quantitative estimate of drug-likeness (QED) is 0.377. The fraction of sp³-hybridized carbons (Fsp3) is 0.200. The van der Waals surface area contributed by atoms with Crippen molar-refractivity contribution in [2.75, 3.05) is 6.61 Å². The minimum absolute atomic E-state index is 0.0796. The van der Waals surface area contributed by atoms with Crippen molar-refractivity contribution in [2.24, 2.45) is 0 Å². The van der Waals surface area contributed by atoms with E-state index in [9.17, 15) is 9.59 Å². The van der Waals surface area contributed by atoms with Gasteiger partial charge in [-0.05, 0) is 24.0 Å². The van der Waals surface area contributed by atoms with Gasteiger partial charge in [0.15, 0.2) is 0 Å². The summed E-state index contributed by atoms with van der Waals surface area (Å²) < 4.78 is 26.7. The Hall–Kier alpha value is -4.00. The topological polar surface area (TPSA) is 80.3 Å². The summed E-state index contributed by atoms with van der Waals surface area (Å²) in [4.78, 5) is 24.4. The van der Waals surface area contributed by atoms with E-state index in [1.54, 1.807) is 6.07 Å². The summed E-state index contributed by atoms with van der Waals surface area (Å²) in [6, 6.07) is 21.6. The molecule has 1 aliphatic rings. The maximum Gasteiger partial charge on any atom is 0.514 e. The highest BCUT2D eigenvalue weighted by Gasteiger charge is 2.22. The summed E-state index contributed by atoms with van der Waals surface area (Å²) in [6.45, 7) is 0.684. The van der Waals surface area contributed by atoms with Crippen molar-refractivity contribution in [3.8, 4) is 17.2 Å². The van der Waals surface area contributed by atoms with Gasteiger partial charge in [0.25, 0.3) is 0 Å². The number of carbonyl (C=O) groups is 2. The lowest BCUT2D eigenvalue weighted by Crippen LogP contribution is -2.16. The second kappa shape index (κ2) is 10.3. The molecular weight excluding hydrogens is 412 g/mol. The monoisotopic (exact) mass is 434 g/mol. The third-order valence-corrected chi connectivity index (χ3v) is 4.76. The van der Waals surface area contributed by atoms with E-state index in [1.807, 2.05) is 60.7 Å². The Morgan fingerprint density at radius 2 is 1.38 bits per heavy atom. The van der Waals surface area contributed by atoms with Crippen LogP contribution in [0, 0.1) is 0 Å². The molecule has 32 heavy (non-hydrogen) atoms. The van der Waals surface area contributed by atoms with Gasteiger partial charge in [0.1, 0.15) is 30.5 Å². The molecule has 0 saturated carbocycles. The average Bonchev–Trinajstić information content (AvgIpc) is 2.83. The fourth-order valence-corrected chi connectivity index (χ4v) is 3.23. The first-order valence-corrected chi connectivity index (χ1v) is 10.2. The molecule has 4 rings (SSSR count). The second-order valence-electron chi connectivity index (χ2n) is 7.10. The molecule has 3 aromatic carbocycles. The largest absolute Gasteiger partial charge is 0.514 e. The number of ether oxygens (including phenoxy) is 5. The lowest BCUT2D eigenvalue weighted by atomic mass is 10.0. The summed E-state index contributed by atoms with van der Waals surface area (Å²) in [5, 5.41) is 0. The Labute approximate surface area is 185 Å². The Bertz CT molecular complexity index is 1060. The molecule has 164 valence electrons. The van der Waals surface area contributed by atoms with Gasteiger partial charge in [0.2, 0.25) is 0 Å². The van der Waals surface area contributed by atoms with Crippen LogP contribution in [-0.2, 0) is 29.1 Å². The SMILES string of the molecule is O=C(OCc1ccccc1)Oc1cc2c(c(OC(=O)OCc3ccccc3)c1)CCCO2. The summed E-state index contributed by atoms with van der Waals surface area (Å²) in [5.41, 5.74) is 2.40. The molecule has 0 amide bonds. The van der Waals surface area contributed by atoms with E-state index >= 15 is 0 Å². The lowest BCUT2D eigenvalue weighted by Gasteiger charge is -2.20. The molecule has 0 unspecified atom stereocenters. The third kappa shape index (κ3) is 5.78. The third-order valence-electron chi connectivity index (χ3n) is 4.76. The zero-order chi connectivity index (χ0) is 22.2. The van der Waals surface area contributed by atoms with Crippen LogP contribution in [0.25, 0.3) is 0 Å². The Balaban J connectivity index is 1.41. The molecule has 0 spiro atoms. The van der Waals surface area contributed by atoms with Gasteiger partial charge in [0.05, 0.1) is 6.61 Å². The molecule has 0 saturated heterocycles. The molecule has 0 fully saturated rings. The van der Waals surface area contributed by atoms with Gasteiger partial charge in [-0.15, -0.1) is 0 Å². The predicted octanol–water partition coefficient (Wildman–Crippen LogP) is 5.44. The van der Waals surface area contributed by atoms with Crippen LogP contribution in [0.4, 0.5) is 9.59 Å². The number of carbonyl (C=O) groups excluding carboxylic acids is 2. The van der Waals surface area contributed by atoms with E-state index in [-0.39, 0.29) is 24.7 Å². The number of benzene rings is 3. The second-order valence-corrected chi connectivity index (χ2v) is 7.10. The lowest BCUT2D eigenvalue weighted by molar-refractivity contribution is 0.0907. The maximum absolute atomic E-state index is 12.2. The molecule has 1 aliphatic heterocycles. The molecule has 0 N–H and O–H groups in total. The first-order valence-electron chi connectivity index (χ1n) is 10.2. The van der Waals surface area contributed by atoms with E-state index in [2.05, 4.69) is 0 Å². The smallest absolute Gasteiger partial charge is 0.493 e. The van der Waals surface area contributed by atoms with E-state index in [0.717, 1.165) is 23.1 Å². The van der Waals surface area contributed by atoms with Crippen LogP contribution in [0.3, 0.4) is 0 Å². The van der Waals surface area contributed by atoms with E-state index in [1.165, 1.54) is 6.07 Å². The maximum atomic E-state index is 12.2. The van der Waals surface area contributed by atoms with Crippen molar-refractivity contribution in [1.29, 1.82) is 0 Å². The average molecular weight is 434 g/mol. The molecule has 0 bridgehead atoms. The van der Waals surface area contributed by atoms with Gasteiger partial charge >= 0.3 is 12.3 Å². The van der Waals surface area contributed by atoms with Gasteiger partial charge in [0, 0.05) is 17.7 Å². The Kier molecular flexibility index (Phi) is 6.87. The zero-order valence-corrected chi connectivity index (χ0v) is 17.3. The molecule has 0 atom stereocenters. The summed E-state index contributed by atoms with van der Waals surface area (Å²) in [7, 11) is 0. The minimum Gasteiger partial charge on any atom is -0.493 e. The Morgan fingerprint density at radius 3 is 2.00 bits per heavy atom. The van der Waals surface area contributed by atoms with Gasteiger partial charge in [-0.1, -0.05) is 60.7 Å². The van der Waals surface area contributed by atoms with Gasteiger partial charge in [-0.2, -0.15) is 0 Å². The summed E-state index contributed by atoms with van der Waals surface area (Å²) in [6.07, 6.45) is -0.287. The van der Waals surface area contributed by atoms with Crippen LogP contribution in [0.5, 0.6) is 17.2 Å². The molecule has 7 heteroatoms. The minimum atomic E-state index is -0.873. The van der Waals surface area contributed by atoms with Crippen LogP contribution in [0.1, 0.15) is 23.1 Å². The van der Waals surface area contributed by atoms with Crippen molar-refractivity contribution in [3.05, 3.63) is 89.5 Å². The predicted molar refractivity (Wildman–Crippen MR) is 115 cm³/mol. The number of hydrogen-bond acceptors (Lipinski definition) is 7. The highest BCUT2D eigenvalue weighted by molar-refractivity contribution is 5.68. The van der Waals surface area contributed by atoms with Gasteiger partial charge in [-0.3, -0.25) is 0 Å². The first-order chi connectivity index (χ1) is 15.7. The number of fused-ring (bicyclic) bond motifs is 1. The molecule has 7 nitrogen and oxygen atoms in total. The van der Waals surface area contributed by atoms with Crippen molar-refractivity contribution in [3.63, 3.8) is 0 Å². The van der Waals surface area contributed by atoms with Crippen LogP contribution >= 0.6 is 0 Å². The number of rotatable bonds is 6. The van der Waals surface area contributed by atoms with Crippen LogP contribution in [0.15, 0.2) is 72.8 Å². The van der Waals surface area contributed by atoms with Gasteiger partial charge in [-0.25, -0.2) is 9.59 Å². The van der Waals surface area contributed by atoms with Crippen molar-refractivity contribution >= 4 is 12.3 Å². The van der Waals surface area contributed by atoms with Crippen molar-refractivity contribution in [2.45, 2.75) is 26.1 Å².